The molecule has 0 aromatic carbocycles. The van der Waals surface area contributed by atoms with E-state index in [9.17, 15) is 4.79 Å². The van der Waals surface area contributed by atoms with Crippen LogP contribution in [0, 0.1) is 0 Å². The van der Waals surface area contributed by atoms with Gasteiger partial charge in [0.25, 0.3) is 5.91 Å². The van der Waals surface area contributed by atoms with Crippen molar-refractivity contribution in [2.24, 2.45) is 0 Å². The van der Waals surface area contributed by atoms with Crippen LogP contribution in [-0.2, 0) is 10.2 Å². The highest BCUT2D eigenvalue weighted by atomic mass is 35.5. The van der Waals surface area contributed by atoms with Crippen LogP contribution in [-0.4, -0.2) is 42.1 Å². The number of amides is 1. The lowest BCUT2D eigenvalue weighted by atomic mass is 9.90. The largest absolute Gasteiger partial charge is 0.381 e. The minimum Gasteiger partial charge on any atom is -0.381 e. The quantitative estimate of drug-likeness (QED) is 0.787. The fraction of sp³-hybridized carbons (Fsp3) is 0.625. The van der Waals surface area contributed by atoms with E-state index in [4.69, 9.17) is 16.3 Å². The summed E-state index contributed by atoms with van der Waals surface area (Å²) < 4.78 is 5.35. The van der Waals surface area contributed by atoms with E-state index < -0.39 is 0 Å². The molecule has 1 saturated heterocycles. The lowest BCUT2D eigenvalue weighted by Crippen LogP contribution is -2.40. The van der Waals surface area contributed by atoms with Gasteiger partial charge in [-0.15, -0.1) is 0 Å². The van der Waals surface area contributed by atoms with Crippen molar-refractivity contribution < 1.29 is 9.53 Å². The van der Waals surface area contributed by atoms with Gasteiger partial charge in [-0.2, -0.15) is 0 Å². The van der Waals surface area contributed by atoms with Crippen molar-refractivity contribution in [2.75, 3.05) is 20.3 Å². The Labute approximate surface area is 131 Å². The summed E-state index contributed by atoms with van der Waals surface area (Å²) in [5, 5.41) is 0.367. The average Bonchev–Trinajstić information content (AvgIpc) is 2.45. The zero-order valence-electron chi connectivity index (χ0n) is 13.1. The molecule has 0 atom stereocenters. The molecule has 2 rings (SSSR count). The number of ether oxygens (including phenoxy) is 1. The summed E-state index contributed by atoms with van der Waals surface area (Å²) in [5.41, 5.74) is 1.30. The Kier molecular flexibility index (Phi) is 4.89. The average molecular weight is 311 g/mol. The number of hydrogen-bond acceptors (Lipinski definition) is 3. The standard InChI is InChI=1S/C16H23ClN2O2/c1-16(2,3)13-9-11(10-14(17)18-13)15(20)19(4)12-5-7-21-8-6-12/h9-10,12H,5-8H2,1-4H3. The second-order valence-corrected chi connectivity index (χ2v) is 6.96. The van der Waals surface area contributed by atoms with Crippen LogP contribution in [0.3, 0.4) is 0 Å². The van der Waals surface area contributed by atoms with Crippen molar-refractivity contribution in [1.82, 2.24) is 9.88 Å². The summed E-state index contributed by atoms with van der Waals surface area (Å²) >= 11 is 6.09. The molecule has 1 fully saturated rings. The molecular formula is C16H23ClN2O2. The van der Waals surface area contributed by atoms with E-state index in [0.29, 0.717) is 23.9 Å². The van der Waals surface area contributed by atoms with Crippen LogP contribution in [0.5, 0.6) is 0 Å². The Bertz CT molecular complexity index is 519. The number of pyridine rings is 1. The van der Waals surface area contributed by atoms with Gasteiger partial charge >= 0.3 is 0 Å². The van der Waals surface area contributed by atoms with Crippen LogP contribution >= 0.6 is 11.6 Å². The Morgan fingerprint density at radius 1 is 1.33 bits per heavy atom. The minimum absolute atomic E-state index is 0.00306. The van der Waals surface area contributed by atoms with Crippen LogP contribution in [0.15, 0.2) is 12.1 Å². The summed E-state index contributed by atoms with van der Waals surface area (Å²) in [5.74, 6) is -0.00306. The van der Waals surface area contributed by atoms with Crippen molar-refractivity contribution in [3.63, 3.8) is 0 Å². The number of nitrogens with zero attached hydrogens (tertiary/aromatic N) is 2. The lowest BCUT2D eigenvalue weighted by molar-refractivity contribution is 0.0362. The summed E-state index contributed by atoms with van der Waals surface area (Å²) in [6.07, 6.45) is 1.76. The predicted molar refractivity (Wildman–Crippen MR) is 83.9 cm³/mol. The SMILES string of the molecule is CN(C(=O)c1cc(Cl)nc(C(C)(C)C)c1)C1CCOCC1. The predicted octanol–water partition coefficient (Wildman–Crippen LogP) is 3.28. The zero-order chi connectivity index (χ0) is 15.6. The van der Waals surface area contributed by atoms with Gasteiger partial charge in [-0.3, -0.25) is 4.79 Å². The molecule has 0 bridgehead atoms. The van der Waals surface area contributed by atoms with Gasteiger partial charge in [0.2, 0.25) is 0 Å². The molecule has 0 unspecified atom stereocenters. The highest BCUT2D eigenvalue weighted by Gasteiger charge is 2.25. The van der Waals surface area contributed by atoms with Gasteiger partial charge in [0, 0.05) is 43.0 Å². The highest BCUT2D eigenvalue weighted by molar-refractivity contribution is 6.29. The van der Waals surface area contributed by atoms with Crippen LogP contribution < -0.4 is 0 Å². The van der Waals surface area contributed by atoms with Crippen molar-refractivity contribution in [1.29, 1.82) is 0 Å². The molecule has 1 aliphatic heterocycles. The summed E-state index contributed by atoms with van der Waals surface area (Å²) in [6.45, 7) is 7.60. The van der Waals surface area contributed by atoms with E-state index in [2.05, 4.69) is 25.8 Å². The maximum atomic E-state index is 12.7. The zero-order valence-corrected chi connectivity index (χ0v) is 13.9. The van der Waals surface area contributed by atoms with Crippen molar-refractivity contribution in [3.05, 3.63) is 28.5 Å². The number of aromatic nitrogens is 1. The van der Waals surface area contributed by atoms with Gasteiger partial charge in [-0.1, -0.05) is 32.4 Å². The molecule has 0 saturated carbocycles. The second-order valence-electron chi connectivity index (χ2n) is 6.57. The van der Waals surface area contributed by atoms with E-state index in [-0.39, 0.29) is 17.4 Å². The lowest BCUT2D eigenvalue weighted by Gasteiger charge is -2.31. The topological polar surface area (TPSA) is 42.4 Å². The molecule has 0 radical (unpaired) electrons. The summed E-state index contributed by atoms with van der Waals surface area (Å²) in [6, 6.07) is 3.73. The molecule has 2 heterocycles. The normalized spacial score (nSPS) is 16.8. The van der Waals surface area contributed by atoms with Crippen LogP contribution in [0.25, 0.3) is 0 Å². The van der Waals surface area contributed by atoms with Gasteiger partial charge in [0.05, 0.1) is 0 Å². The number of carbonyl (C=O) groups excluding carboxylic acids is 1. The molecule has 1 aliphatic rings. The first kappa shape index (κ1) is 16.2. The van der Waals surface area contributed by atoms with E-state index in [1.807, 2.05) is 13.1 Å². The summed E-state index contributed by atoms with van der Waals surface area (Å²) in [7, 11) is 1.85. The fourth-order valence-electron chi connectivity index (χ4n) is 2.45. The third-order valence-electron chi connectivity index (χ3n) is 3.87. The third kappa shape index (κ3) is 3.95. The highest BCUT2D eigenvalue weighted by Crippen LogP contribution is 2.24. The van der Waals surface area contributed by atoms with E-state index in [0.717, 1.165) is 18.5 Å². The Balaban J connectivity index is 2.24. The van der Waals surface area contributed by atoms with E-state index in [1.54, 1.807) is 11.0 Å². The van der Waals surface area contributed by atoms with Gasteiger partial charge in [-0.25, -0.2) is 4.98 Å². The number of halogens is 1. The third-order valence-corrected chi connectivity index (χ3v) is 4.06. The second kappa shape index (κ2) is 6.32. The molecule has 0 aliphatic carbocycles. The molecule has 4 nitrogen and oxygen atoms in total. The van der Waals surface area contributed by atoms with Crippen molar-refractivity contribution >= 4 is 17.5 Å². The Hall–Kier alpha value is -1.13. The molecule has 116 valence electrons. The first-order chi connectivity index (χ1) is 9.79. The molecule has 0 N–H and O–H groups in total. The minimum atomic E-state index is -0.142. The Morgan fingerprint density at radius 3 is 2.52 bits per heavy atom. The first-order valence-electron chi connectivity index (χ1n) is 7.32. The fourth-order valence-corrected chi connectivity index (χ4v) is 2.66. The number of carbonyl (C=O) groups is 1. The summed E-state index contributed by atoms with van der Waals surface area (Å²) in [4.78, 5) is 18.8. The smallest absolute Gasteiger partial charge is 0.254 e. The molecule has 1 aromatic heterocycles. The molecule has 5 heteroatoms. The van der Waals surface area contributed by atoms with E-state index in [1.165, 1.54) is 0 Å². The molecule has 1 amide bonds. The molecule has 1 aromatic rings. The van der Waals surface area contributed by atoms with Crippen LogP contribution in [0.2, 0.25) is 5.15 Å². The van der Waals surface area contributed by atoms with Crippen LogP contribution in [0.1, 0.15) is 49.7 Å². The van der Waals surface area contributed by atoms with Gasteiger partial charge in [0.15, 0.2) is 0 Å². The monoisotopic (exact) mass is 310 g/mol. The number of rotatable bonds is 2. The maximum Gasteiger partial charge on any atom is 0.254 e. The Morgan fingerprint density at radius 2 is 1.95 bits per heavy atom. The number of hydrogen-bond donors (Lipinski definition) is 0. The molecular weight excluding hydrogens is 288 g/mol. The molecule has 21 heavy (non-hydrogen) atoms. The van der Waals surface area contributed by atoms with Gasteiger partial charge in [-0.05, 0) is 25.0 Å². The van der Waals surface area contributed by atoms with Crippen molar-refractivity contribution in [3.8, 4) is 0 Å². The van der Waals surface area contributed by atoms with Crippen LogP contribution in [0.4, 0.5) is 0 Å². The molecule has 0 spiro atoms. The first-order valence-corrected chi connectivity index (χ1v) is 7.70. The van der Waals surface area contributed by atoms with Gasteiger partial charge in [0.1, 0.15) is 5.15 Å². The van der Waals surface area contributed by atoms with Gasteiger partial charge < -0.3 is 9.64 Å². The van der Waals surface area contributed by atoms with E-state index >= 15 is 0 Å². The maximum absolute atomic E-state index is 12.7. The van der Waals surface area contributed by atoms with Crippen molar-refractivity contribution in [2.45, 2.75) is 45.1 Å².